The fourth-order valence-electron chi connectivity index (χ4n) is 4.91. The molecule has 0 aromatic carbocycles. The van der Waals surface area contributed by atoms with Gasteiger partial charge in [-0.2, -0.15) is 0 Å². The molecule has 4 aliphatic carbocycles. The molecule has 0 saturated heterocycles. The van der Waals surface area contributed by atoms with Crippen LogP contribution in [0.1, 0.15) is 46.0 Å². The minimum atomic E-state index is -0.515. The molecule has 0 spiro atoms. The van der Waals surface area contributed by atoms with Crippen molar-refractivity contribution in [1.82, 2.24) is 0 Å². The second-order valence-electron chi connectivity index (χ2n) is 6.51. The van der Waals surface area contributed by atoms with E-state index in [2.05, 4.69) is 13.8 Å². The van der Waals surface area contributed by atoms with Gasteiger partial charge in [-0.3, -0.25) is 4.79 Å². The molecule has 0 aromatic rings. The Balaban J connectivity index is 2.12. The number of hydrogen-bond acceptors (Lipinski definition) is 2. The van der Waals surface area contributed by atoms with Crippen LogP contribution in [0.4, 0.5) is 0 Å². The molecule has 4 aliphatic rings. The van der Waals surface area contributed by atoms with Crippen LogP contribution in [0, 0.1) is 16.7 Å². The largest absolute Gasteiger partial charge is 0.390 e. The first-order valence-electron chi connectivity index (χ1n) is 5.63. The van der Waals surface area contributed by atoms with Crippen molar-refractivity contribution in [3.05, 3.63) is 0 Å². The first-order chi connectivity index (χ1) is 6.35. The van der Waals surface area contributed by atoms with Crippen LogP contribution in [-0.2, 0) is 4.79 Å². The van der Waals surface area contributed by atoms with Crippen molar-refractivity contribution in [3.8, 4) is 0 Å². The maximum absolute atomic E-state index is 12.2. The molecule has 78 valence electrons. The van der Waals surface area contributed by atoms with Gasteiger partial charge in [0.1, 0.15) is 5.78 Å². The van der Waals surface area contributed by atoms with Gasteiger partial charge in [-0.15, -0.1) is 0 Å². The molecule has 0 amide bonds. The van der Waals surface area contributed by atoms with E-state index in [9.17, 15) is 9.90 Å². The van der Waals surface area contributed by atoms with Crippen molar-refractivity contribution in [2.24, 2.45) is 16.7 Å². The minimum Gasteiger partial charge on any atom is -0.390 e. The van der Waals surface area contributed by atoms with Crippen LogP contribution >= 0.6 is 0 Å². The van der Waals surface area contributed by atoms with E-state index >= 15 is 0 Å². The van der Waals surface area contributed by atoms with Crippen LogP contribution in [0.15, 0.2) is 0 Å². The Bertz CT molecular complexity index is 298. The third-order valence-corrected chi connectivity index (χ3v) is 4.68. The van der Waals surface area contributed by atoms with Crippen LogP contribution in [0.3, 0.4) is 0 Å². The molecule has 1 N–H and O–H groups in total. The van der Waals surface area contributed by atoms with Crippen molar-refractivity contribution in [2.45, 2.75) is 51.6 Å². The van der Waals surface area contributed by atoms with Gasteiger partial charge in [-0.05, 0) is 38.0 Å². The lowest BCUT2D eigenvalue weighted by molar-refractivity contribution is -0.194. The summed E-state index contributed by atoms with van der Waals surface area (Å²) in [6.45, 7) is 4.12. The Hall–Kier alpha value is -0.370. The van der Waals surface area contributed by atoms with E-state index in [1.165, 1.54) is 0 Å². The zero-order valence-electron chi connectivity index (χ0n) is 8.97. The predicted molar refractivity (Wildman–Crippen MR) is 52.7 cm³/mol. The lowest BCUT2D eigenvalue weighted by Crippen LogP contribution is -2.63. The molecular weight excluding hydrogens is 176 g/mol. The number of hydrogen-bond donors (Lipinski definition) is 1. The molecule has 2 unspecified atom stereocenters. The minimum absolute atomic E-state index is 0.205. The van der Waals surface area contributed by atoms with Crippen molar-refractivity contribution >= 4 is 5.78 Å². The van der Waals surface area contributed by atoms with E-state index in [0.717, 1.165) is 19.3 Å². The van der Waals surface area contributed by atoms with Crippen LogP contribution in [-0.4, -0.2) is 16.5 Å². The zero-order valence-corrected chi connectivity index (χ0v) is 8.97. The Kier molecular flexibility index (Phi) is 1.32. The number of Topliss-reactive ketones (excluding diaryl/α,β-unsaturated/α-hetero) is 1. The summed E-state index contributed by atoms with van der Waals surface area (Å²) in [6.07, 6.45) is 4.40. The molecule has 0 radical (unpaired) electrons. The van der Waals surface area contributed by atoms with Crippen LogP contribution in [0.2, 0.25) is 0 Å². The fourth-order valence-corrected chi connectivity index (χ4v) is 4.91. The number of aliphatic hydroxyl groups is 1. The van der Waals surface area contributed by atoms with Gasteiger partial charge in [0.15, 0.2) is 0 Å². The van der Waals surface area contributed by atoms with Crippen LogP contribution in [0.25, 0.3) is 0 Å². The van der Waals surface area contributed by atoms with Crippen LogP contribution in [0.5, 0.6) is 0 Å². The van der Waals surface area contributed by atoms with E-state index < -0.39 is 5.60 Å². The number of carbonyl (C=O) groups is 1. The third kappa shape index (κ3) is 0.881. The summed E-state index contributed by atoms with van der Waals surface area (Å²) in [6, 6.07) is 0. The molecule has 4 saturated carbocycles. The van der Waals surface area contributed by atoms with Gasteiger partial charge in [-0.1, -0.05) is 13.8 Å². The Morgan fingerprint density at radius 1 is 1.14 bits per heavy atom. The highest BCUT2D eigenvalue weighted by atomic mass is 16.3. The summed E-state index contributed by atoms with van der Waals surface area (Å²) in [7, 11) is 0. The lowest BCUT2D eigenvalue weighted by Gasteiger charge is -2.62. The summed E-state index contributed by atoms with van der Waals surface area (Å²) in [4.78, 5) is 12.2. The summed E-state index contributed by atoms with van der Waals surface area (Å²) >= 11 is 0. The normalized spacial score (nSPS) is 60.8. The van der Waals surface area contributed by atoms with Gasteiger partial charge in [0, 0.05) is 10.8 Å². The zero-order chi connectivity index (χ0) is 10.2. The second kappa shape index (κ2) is 2.08. The lowest BCUT2D eigenvalue weighted by atomic mass is 9.43. The highest BCUT2D eigenvalue weighted by molar-refractivity contribution is 5.92. The number of ketones is 1. The Morgan fingerprint density at radius 3 is 2.07 bits per heavy atom. The highest BCUT2D eigenvalue weighted by Gasteiger charge is 2.64. The average Bonchev–Trinajstić information content (AvgIpc) is 1.95. The summed E-state index contributed by atoms with van der Waals surface area (Å²) in [5, 5.41) is 10.4. The standard InChI is InChI=1S/C12H18O2/c1-10-3-8-4-11(2,9(10)13)7-12(14,5-8)6-10/h8,14H,3-7H2,1-2H3. The molecule has 0 aromatic heterocycles. The third-order valence-electron chi connectivity index (χ3n) is 4.68. The van der Waals surface area contributed by atoms with Gasteiger partial charge < -0.3 is 5.11 Å². The summed E-state index contributed by atoms with van der Waals surface area (Å²) in [5.74, 6) is 1.01. The van der Waals surface area contributed by atoms with Gasteiger partial charge in [0.25, 0.3) is 0 Å². The maximum atomic E-state index is 12.2. The van der Waals surface area contributed by atoms with Gasteiger partial charge in [0.05, 0.1) is 5.60 Å². The molecule has 4 fully saturated rings. The first kappa shape index (κ1) is 8.90. The molecule has 4 rings (SSSR count). The predicted octanol–water partition coefficient (Wildman–Crippen LogP) is 1.91. The van der Waals surface area contributed by atoms with Gasteiger partial charge in [0.2, 0.25) is 0 Å². The summed E-state index contributed by atoms with van der Waals surface area (Å²) < 4.78 is 0. The molecular formula is C12H18O2. The van der Waals surface area contributed by atoms with Crippen molar-refractivity contribution < 1.29 is 9.90 Å². The molecule has 2 atom stereocenters. The monoisotopic (exact) mass is 194 g/mol. The number of rotatable bonds is 0. The summed E-state index contributed by atoms with van der Waals surface area (Å²) in [5.41, 5.74) is -0.926. The quantitative estimate of drug-likeness (QED) is 0.639. The topological polar surface area (TPSA) is 37.3 Å². The highest BCUT2D eigenvalue weighted by Crippen LogP contribution is 2.64. The van der Waals surface area contributed by atoms with Gasteiger partial charge >= 0.3 is 0 Å². The second-order valence-corrected chi connectivity index (χ2v) is 6.51. The average molecular weight is 194 g/mol. The molecule has 2 heteroatoms. The number of carbonyl (C=O) groups excluding carboxylic acids is 1. The van der Waals surface area contributed by atoms with E-state index in [0.29, 0.717) is 24.5 Å². The molecule has 4 bridgehead atoms. The van der Waals surface area contributed by atoms with Crippen LogP contribution < -0.4 is 0 Å². The van der Waals surface area contributed by atoms with Gasteiger partial charge in [-0.25, -0.2) is 0 Å². The Morgan fingerprint density at radius 2 is 1.64 bits per heavy atom. The van der Waals surface area contributed by atoms with Crippen molar-refractivity contribution in [1.29, 1.82) is 0 Å². The smallest absolute Gasteiger partial charge is 0.144 e. The molecule has 0 aliphatic heterocycles. The molecule has 2 nitrogen and oxygen atoms in total. The van der Waals surface area contributed by atoms with E-state index in [4.69, 9.17) is 0 Å². The SMILES string of the molecule is CC12CC3CC(O)(C1)CC(C)(C3)C2=O. The van der Waals surface area contributed by atoms with E-state index in [1.54, 1.807) is 0 Å². The first-order valence-corrected chi connectivity index (χ1v) is 5.63. The Labute approximate surface area is 84.7 Å². The van der Waals surface area contributed by atoms with E-state index in [-0.39, 0.29) is 10.8 Å². The van der Waals surface area contributed by atoms with Crippen molar-refractivity contribution in [3.63, 3.8) is 0 Å². The van der Waals surface area contributed by atoms with Crippen molar-refractivity contribution in [2.75, 3.05) is 0 Å². The maximum Gasteiger partial charge on any atom is 0.144 e. The molecule has 0 heterocycles. The fraction of sp³-hybridized carbons (Fsp3) is 0.917. The molecule has 14 heavy (non-hydrogen) atoms. The van der Waals surface area contributed by atoms with E-state index in [1.807, 2.05) is 0 Å².